The molecule has 8 nitrogen and oxygen atoms in total. The Morgan fingerprint density at radius 2 is 1.03 bits per heavy atom. The lowest BCUT2D eigenvalue weighted by Crippen LogP contribution is -2.07. The molecule has 4 heterocycles. The van der Waals surface area contributed by atoms with Gasteiger partial charge in [-0.3, -0.25) is 9.59 Å². The molecule has 0 fully saturated rings. The number of aromatic nitrogens is 4. The fraction of sp³-hybridized carbons (Fsp3) is 0. The highest BCUT2D eigenvalue weighted by atomic mass is 16.3. The number of fused-ring (bicyclic) bond motifs is 5. The first-order chi connectivity index (χ1) is 17.7. The summed E-state index contributed by atoms with van der Waals surface area (Å²) in [5.74, 6) is 0. The largest absolute Gasteiger partial charge is 0.456 e. The van der Waals surface area contributed by atoms with Gasteiger partial charge in [0.2, 0.25) is 10.9 Å². The van der Waals surface area contributed by atoms with Crippen molar-refractivity contribution in [3.8, 4) is 22.3 Å². The average molecular weight is 470 g/mol. The van der Waals surface area contributed by atoms with Crippen molar-refractivity contribution in [3.05, 3.63) is 106 Å². The highest BCUT2D eigenvalue weighted by Gasteiger charge is 2.17. The molecule has 0 saturated carbocycles. The van der Waals surface area contributed by atoms with E-state index in [-0.39, 0.29) is 21.8 Å². The molecule has 0 aliphatic rings. The van der Waals surface area contributed by atoms with Crippen LogP contribution in [-0.4, -0.2) is 19.9 Å². The summed E-state index contributed by atoms with van der Waals surface area (Å²) in [4.78, 5) is 43.4. The maximum atomic E-state index is 13.7. The van der Waals surface area contributed by atoms with E-state index in [1.54, 1.807) is 61.2 Å². The Labute approximate surface area is 201 Å². The molecule has 36 heavy (non-hydrogen) atoms. The zero-order chi connectivity index (χ0) is 24.2. The molecule has 170 valence electrons. The van der Waals surface area contributed by atoms with Gasteiger partial charge in [-0.15, -0.1) is 0 Å². The van der Waals surface area contributed by atoms with E-state index in [1.165, 1.54) is 12.7 Å². The summed E-state index contributed by atoms with van der Waals surface area (Å²) in [6, 6.07) is 13.9. The molecular formula is C28H14N4O4. The van der Waals surface area contributed by atoms with Crippen LogP contribution in [0, 0.1) is 0 Å². The second-order valence-electron chi connectivity index (χ2n) is 8.35. The van der Waals surface area contributed by atoms with Crippen molar-refractivity contribution in [2.24, 2.45) is 0 Å². The third kappa shape index (κ3) is 3.01. The molecule has 7 aromatic rings. The standard InChI is InChI=1S/C28H14N4O4/c33-26-19-3-6-24-25(27(34)21-8-16(1-4-22(21)35-24)18-11-31-14-32-12-18)28(19)36-23-5-2-15(7-20(23)26)17-9-29-13-30-10-17/h1-14H. The van der Waals surface area contributed by atoms with Crippen molar-refractivity contribution >= 4 is 43.9 Å². The van der Waals surface area contributed by atoms with Crippen molar-refractivity contribution in [1.82, 2.24) is 19.9 Å². The van der Waals surface area contributed by atoms with Crippen LogP contribution < -0.4 is 10.9 Å². The zero-order valence-electron chi connectivity index (χ0n) is 18.5. The summed E-state index contributed by atoms with van der Waals surface area (Å²) in [5, 5.41) is 1.30. The molecule has 0 atom stereocenters. The van der Waals surface area contributed by atoms with Gasteiger partial charge in [-0.2, -0.15) is 0 Å². The highest BCUT2D eigenvalue weighted by molar-refractivity contribution is 6.07. The number of hydrogen-bond donors (Lipinski definition) is 0. The topological polar surface area (TPSA) is 112 Å². The summed E-state index contributed by atoms with van der Waals surface area (Å²) < 4.78 is 12.2. The molecule has 0 saturated heterocycles. The molecule has 0 aliphatic heterocycles. The van der Waals surface area contributed by atoms with E-state index in [1.807, 2.05) is 12.1 Å². The Balaban J connectivity index is 1.52. The van der Waals surface area contributed by atoms with Gasteiger partial charge in [-0.25, -0.2) is 19.9 Å². The zero-order valence-corrected chi connectivity index (χ0v) is 18.5. The van der Waals surface area contributed by atoms with Crippen LogP contribution in [0.2, 0.25) is 0 Å². The van der Waals surface area contributed by atoms with Crippen LogP contribution in [0.4, 0.5) is 0 Å². The lowest BCUT2D eigenvalue weighted by Gasteiger charge is -2.08. The molecule has 0 bridgehead atoms. The fourth-order valence-corrected chi connectivity index (χ4v) is 4.51. The molecule has 0 spiro atoms. The highest BCUT2D eigenvalue weighted by Crippen LogP contribution is 2.30. The number of hydrogen-bond acceptors (Lipinski definition) is 8. The Kier molecular flexibility index (Phi) is 4.28. The van der Waals surface area contributed by atoms with E-state index in [4.69, 9.17) is 8.83 Å². The molecular weight excluding hydrogens is 456 g/mol. The molecule has 0 radical (unpaired) electrons. The van der Waals surface area contributed by atoms with Crippen LogP contribution in [-0.2, 0) is 0 Å². The molecule has 0 unspecified atom stereocenters. The Morgan fingerprint density at radius 3 is 1.64 bits per heavy atom. The van der Waals surface area contributed by atoms with E-state index in [2.05, 4.69) is 19.9 Å². The van der Waals surface area contributed by atoms with Crippen molar-refractivity contribution in [1.29, 1.82) is 0 Å². The third-order valence-electron chi connectivity index (χ3n) is 6.26. The van der Waals surface area contributed by atoms with Crippen LogP contribution in [0.5, 0.6) is 0 Å². The summed E-state index contributed by atoms with van der Waals surface area (Å²) in [7, 11) is 0. The van der Waals surface area contributed by atoms with Gasteiger partial charge in [0.05, 0.1) is 16.2 Å². The van der Waals surface area contributed by atoms with Crippen molar-refractivity contribution < 1.29 is 8.83 Å². The summed E-state index contributed by atoms with van der Waals surface area (Å²) in [6.45, 7) is 0. The number of benzene rings is 3. The lowest BCUT2D eigenvalue weighted by atomic mass is 10.0. The van der Waals surface area contributed by atoms with Gasteiger partial charge in [0.1, 0.15) is 34.8 Å². The molecule has 0 N–H and O–H groups in total. The quantitative estimate of drug-likeness (QED) is 0.253. The Hall–Kier alpha value is -5.24. The predicted molar refractivity (Wildman–Crippen MR) is 136 cm³/mol. The van der Waals surface area contributed by atoms with Gasteiger partial charge < -0.3 is 8.83 Å². The van der Waals surface area contributed by atoms with E-state index >= 15 is 0 Å². The molecule has 0 amide bonds. The number of rotatable bonds is 2. The van der Waals surface area contributed by atoms with Crippen LogP contribution in [0.15, 0.2) is 104 Å². The van der Waals surface area contributed by atoms with E-state index in [9.17, 15) is 9.59 Å². The molecule has 8 heteroatoms. The van der Waals surface area contributed by atoms with Gasteiger partial charge in [-0.1, -0.05) is 12.1 Å². The Bertz CT molecular complexity index is 2090. The smallest absolute Gasteiger partial charge is 0.204 e. The first-order valence-electron chi connectivity index (χ1n) is 11.1. The SMILES string of the molecule is O=c1c2cc(-c3cncnc3)ccc2oc2c1ccc1oc3ccc(-c4cncnc4)cc3c(=O)c12. The first kappa shape index (κ1) is 20.2. The van der Waals surface area contributed by atoms with Crippen molar-refractivity contribution in [3.63, 3.8) is 0 Å². The van der Waals surface area contributed by atoms with E-state index in [0.29, 0.717) is 32.9 Å². The third-order valence-corrected chi connectivity index (χ3v) is 6.26. The summed E-state index contributed by atoms with van der Waals surface area (Å²) in [5.41, 5.74) is 3.95. The van der Waals surface area contributed by atoms with Crippen molar-refractivity contribution in [2.75, 3.05) is 0 Å². The monoisotopic (exact) mass is 470 g/mol. The predicted octanol–water partition coefficient (Wildman–Crippen LogP) is 5.12. The normalized spacial score (nSPS) is 11.6. The van der Waals surface area contributed by atoms with Crippen LogP contribution >= 0.6 is 0 Å². The lowest BCUT2D eigenvalue weighted by molar-refractivity contribution is 0.649. The van der Waals surface area contributed by atoms with Gasteiger partial charge >= 0.3 is 0 Å². The van der Waals surface area contributed by atoms with E-state index in [0.717, 1.165) is 22.3 Å². The minimum atomic E-state index is -0.281. The van der Waals surface area contributed by atoms with Gasteiger partial charge in [0, 0.05) is 35.9 Å². The van der Waals surface area contributed by atoms with E-state index < -0.39 is 0 Å². The number of nitrogens with zero attached hydrogens (tertiary/aromatic N) is 4. The van der Waals surface area contributed by atoms with Crippen LogP contribution in [0.25, 0.3) is 66.1 Å². The van der Waals surface area contributed by atoms with Crippen LogP contribution in [0.3, 0.4) is 0 Å². The molecule has 7 rings (SSSR count). The minimum absolute atomic E-state index is 0.199. The fourth-order valence-electron chi connectivity index (χ4n) is 4.51. The molecule has 0 aliphatic carbocycles. The van der Waals surface area contributed by atoms with Crippen molar-refractivity contribution in [2.45, 2.75) is 0 Å². The maximum Gasteiger partial charge on any atom is 0.204 e. The summed E-state index contributed by atoms with van der Waals surface area (Å²) >= 11 is 0. The second-order valence-corrected chi connectivity index (χ2v) is 8.35. The Morgan fingerprint density at radius 1 is 0.500 bits per heavy atom. The molecule has 4 aromatic heterocycles. The minimum Gasteiger partial charge on any atom is -0.456 e. The van der Waals surface area contributed by atoms with Gasteiger partial charge in [-0.05, 0) is 47.5 Å². The summed E-state index contributed by atoms with van der Waals surface area (Å²) in [6.07, 6.45) is 9.60. The van der Waals surface area contributed by atoms with Gasteiger partial charge in [0.15, 0.2) is 5.58 Å². The van der Waals surface area contributed by atoms with Crippen LogP contribution in [0.1, 0.15) is 0 Å². The first-order valence-corrected chi connectivity index (χ1v) is 11.1. The average Bonchev–Trinajstić information content (AvgIpc) is 2.94. The van der Waals surface area contributed by atoms with Gasteiger partial charge in [0.25, 0.3) is 0 Å². The maximum absolute atomic E-state index is 13.7. The second kappa shape index (κ2) is 7.64. The molecule has 3 aromatic carbocycles.